The molecule has 3 heterocycles. The maximum absolute atomic E-state index is 11.5. The lowest BCUT2D eigenvalue weighted by molar-refractivity contribution is -0.0503. The second-order valence-corrected chi connectivity index (χ2v) is 13.1. The van der Waals surface area contributed by atoms with E-state index < -0.39 is 46.8 Å². The Labute approximate surface area is 237 Å². The topological polar surface area (TPSA) is 285 Å². The SMILES string of the molecule is NC1CCCCC1.NC1CCCCC1.Nc1ncnc2c1ncn2[C@H]1O[C@@H](COP(=O)(O)OP(=O)(O)O)[C@H](O)[C@@H]1O. The summed E-state index contributed by atoms with van der Waals surface area (Å²) >= 11 is 0. The second-order valence-electron chi connectivity index (χ2n) is 10.3. The number of fused-ring (bicyclic) bond motifs is 1. The van der Waals surface area contributed by atoms with Crippen molar-refractivity contribution in [2.45, 2.75) is 101 Å². The summed E-state index contributed by atoms with van der Waals surface area (Å²) in [6, 6.07) is 1.07. The van der Waals surface area contributed by atoms with Gasteiger partial charge in [-0.25, -0.2) is 24.1 Å². The zero-order valence-corrected chi connectivity index (χ0v) is 24.4. The Bertz CT molecular complexity index is 1170. The molecule has 3 aliphatic rings. The number of imidazole rings is 1. The molecule has 3 fully saturated rings. The van der Waals surface area contributed by atoms with Crippen LogP contribution in [0.25, 0.3) is 11.2 Å². The molecule has 1 saturated heterocycles. The lowest BCUT2D eigenvalue weighted by atomic mass is 9.97. The fourth-order valence-electron chi connectivity index (χ4n) is 4.75. The molecule has 0 amide bonds. The van der Waals surface area contributed by atoms with Gasteiger partial charge >= 0.3 is 15.6 Å². The van der Waals surface area contributed by atoms with Crippen molar-refractivity contribution in [3.63, 3.8) is 0 Å². The Hall–Kier alpha value is -1.59. The molecule has 0 aromatic carbocycles. The molecule has 11 N–H and O–H groups in total. The van der Waals surface area contributed by atoms with Crippen LogP contribution in [0.1, 0.15) is 70.4 Å². The number of anilines is 1. The molecule has 5 rings (SSSR count). The molecule has 0 bridgehead atoms. The zero-order valence-electron chi connectivity index (χ0n) is 22.6. The average Bonchev–Trinajstić information content (AvgIpc) is 3.45. The Morgan fingerprint density at radius 1 is 0.902 bits per heavy atom. The first-order valence-electron chi connectivity index (χ1n) is 13.5. The molecule has 5 atom stereocenters. The van der Waals surface area contributed by atoms with Gasteiger partial charge in [-0.2, -0.15) is 4.31 Å². The highest BCUT2D eigenvalue weighted by molar-refractivity contribution is 7.60. The monoisotopic (exact) mass is 625 g/mol. The van der Waals surface area contributed by atoms with Crippen molar-refractivity contribution in [3.8, 4) is 0 Å². The van der Waals surface area contributed by atoms with E-state index in [4.69, 9.17) is 31.7 Å². The van der Waals surface area contributed by atoms with E-state index in [0.29, 0.717) is 12.1 Å². The quantitative estimate of drug-likeness (QED) is 0.206. The minimum atomic E-state index is -5.29. The number of aliphatic hydroxyl groups is 2. The standard InChI is InChI=1S/C10H15N5O10P2.2C6H13N/c11-8-5-9(13-2-12-8)15(3-14-5)10-7(17)6(16)4(24-10)1-23-27(21,22)25-26(18,19)20;2*7-6-4-2-1-3-5-6/h2-4,6-7,10,16-17H,1H2,(H,21,22)(H2,11,12,13)(H2,18,19,20);2*6H,1-5,7H2/t4-,6-,7-,10-;;/m0../s1. The van der Waals surface area contributed by atoms with Gasteiger partial charge in [0, 0.05) is 12.1 Å². The number of aromatic nitrogens is 4. The van der Waals surface area contributed by atoms with Crippen LogP contribution in [-0.4, -0.2) is 81.4 Å². The summed E-state index contributed by atoms with van der Waals surface area (Å²) < 4.78 is 36.8. The van der Waals surface area contributed by atoms with Crippen LogP contribution < -0.4 is 17.2 Å². The number of nitrogens with zero attached hydrogens (tertiary/aromatic N) is 4. The van der Waals surface area contributed by atoms with E-state index >= 15 is 0 Å². The normalized spacial score (nSPS) is 27.4. The molecule has 0 spiro atoms. The summed E-state index contributed by atoms with van der Waals surface area (Å²) in [5.74, 6) is 0.0856. The Balaban J connectivity index is 0.000000267. The van der Waals surface area contributed by atoms with E-state index in [1.165, 1.54) is 75.1 Å². The Morgan fingerprint density at radius 3 is 1.95 bits per heavy atom. The van der Waals surface area contributed by atoms with Crippen molar-refractivity contribution >= 4 is 32.6 Å². The van der Waals surface area contributed by atoms with Crippen molar-refractivity contribution in [2.75, 3.05) is 12.3 Å². The molecule has 2 aliphatic carbocycles. The fraction of sp³-hybridized carbons (Fsp3) is 0.773. The van der Waals surface area contributed by atoms with Gasteiger partial charge in [0.05, 0.1) is 12.9 Å². The van der Waals surface area contributed by atoms with E-state index in [-0.39, 0.29) is 17.0 Å². The van der Waals surface area contributed by atoms with E-state index in [1.807, 2.05) is 0 Å². The first-order valence-corrected chi connectivity index (χ1v) is 16.5. The van der Waals surface area contributed by atoms with Crippen LogP contribution in [0.4, 0.5) is 5.82 Å². The number of nitrogens with two attached hydrogens (primary N) is 3. The van der Waals surface area contributed by atoms with Gasteiger partial charge in [-0.1, -0.05) is 38.5 Å². The van der Waals surface area contributed by atoms with Crippen LogP contribution in [0.5, 0.6) is 0 Å². The summed E-state index contributed by atoms with van der Waals surface area (Å²) in [5.41, 5.74) is 17.4. The van der Waals surface area contributed by atoms with E-state index in [9.17, 15) is 24.2 Å². The third kappa shape index (κ3) is 10.6. The van der Waals surface area contributed by atoms with Gasteiger partial charge in [0.2, 0.25) is 0 Å². The fourth-order valence-corrected chi connectivity index (χ4v) is 6.35. The zero-order chi connectivity index (χ0) is 30.2. The maximum atomic E-state index is 11.5. The Kier molecular flexibility index (Phi) is 12.6. The molecule has 19 heteroatoms. The summed E-state index contributed by atoms with van der Waals surface area (Å²) in [5, 5.41) is 20.3. The largest absolute Gasteiger partial charge is 0.481 e. The Morgan fingerprint density at radius 2 is 1.46 bits per heavy atom. The summed E-state index contributed by atoms with van der Waals surface area (Å²) in [6.07, 6.45) is 10.1. The molecule has 234 valence electrons. The third-order valence-electron chi connectivity index (χ3n) is 6.91. The maximum Gasteiger partial charge on any atom is 0.481 e. The highest BCUT2D eigenvalue weighted by atomic mass is 31.3. The number of phosphoric acid groups is 2. The van der Waals surface area contributed by atoms with Crippen LogP contribution in [0.15, 0.2) is 12.7 Å². The molecule has 1 unspecified atom stereocenters. The van der Waals surface area contributed by atoms with Gasteiger partial charge in [0.1, 0.15) is 30.2 Å². The van der Waals surface area contributed by atoms with Gasteiger partial charge in [-0.05, 0) is 25.7 Å². The summed E-state index contributed by atoms with van der Waals surface area (Å²) in [4.78, 5) is 38.1. The van der Waals surface area contributed by atoms with Gasteiger partial charge in [-0.3, -0.25) is 9.09 Å². The molecular formula is C22H41N7O10P2. The first-order chi connectivity index (χ1) is 19.3. The summed E-state index contributed by atoms with van der Waals surface area (Å²) in [7, 11) is -10.4. The minimum Gasteiger partial charge on any atom is -0.387 e. The van der Waals surface area contributed by atoms with Crippen LogP contribution in [-0.2, 0) is 22.7 Å². The number of hydrogen-bond donors (Lipinski definition) is 8. The highest BCUT2D eigenvalue weighted by Gasteiger charge is 2.46. The number of hydrogen-bond acceptors (Lipinski definition) is 13. The third-order valence-corrected chi connectivity index (χ3v) is 9.06. The minimum absolute atomic E-state index is 0.0856. The number of nitrogen functional groups attached to an aromatic ring is 1. The van der Waals surface area contributed by atoms with Crippen LogP contribution in [0, 0.1) is 0 Å². The first kappa shape index (κ1) is 33.9. The van der Waals surface area contributed by atoms with Gasteiger partial charge in [-0.15, -0.1) is 0 Å². The van der Waals surface area contributed by atoms with Gasteiger partial charge in [0.25, 0.3) is 0 Å². The molecule has 1 aliphatic heterocycles. The van der Waals surface area contributed by atoms with Crippen molar-refractivity contribution in [1.29, 1.82) is 0 Å². The molecule has 2 saturated carbocycles. The smallest absolute Gasteiger partial charge is 0.387 e. The molecule has 2 aromatic heterocycles. The highest BCUT2D eigenvalue weighted by Crippen LogP contribution is 2.57. The van der Waals surface area contributed by atoms with Crippen molar-refractivity contribution in [3.05, 3.63) is 12.7 Å². The average molecular weight is 626 g/mol. The van der Waals surface area contributed by atoms with Crippen LogP contribution in [0.2, 0.25) is 0 Å². The second kappa shape index (κ2) is 15.2. The van der Waals surface area contributed by atoms with Crippen LogP contribution >= 0.6 is 15.6 Å². The number of aliphatic hydroxyl groups excluding tert-OH is 2. The van der Waals surface area contributed by atoms with Crippen molar-refractivity contribution in [2.24, 2.45) is 11.5 Å². The predicted molar refractivity (Wildman–Crippen MR) is 147 cm³/mol. The molecule has 17 nitrogen and oxygen atoms in total. The molecule has 2 aromatic rings. The van der Waals surface area contributed by atoms with Crippen molar-refractivity contribution < 1.29 is 47.6 Å². The molecular weight excluding hydrogens is 584 g/mol. The van der Waals surface area contributed by atoms with Gasteiger partial charge < -0.3 is 46.8 Å². The lowest BCUT2D eigenvalue weighted by Gasteiger charge is -2.17. The number of phosphoric ester groups is 1. The molecule has 0 radical (unpaired) electrons. The van der Waals surface area contributed by atoms with Crippen molar-refractivity contribution in [1.82, 2.24) is 19.5 Å². The summed E-state index contributed by atoms with van der Waals surface area (Å²) in [6.45, 7) is -0.813. The van der Waals surface area contributed by atoms with E-state index in [2.05, 4.69) is 23.8 Å². The van der Waals surface area contributed by atoms with Crippen LogP contribution in [0.3, 0.4) is 0 Å². The number of ether oxygens (including phenoxy) is 1. The van der Waals surface area contributed by atoms with E-state index in [0.717, 1.165) is 6.33 Å². The van der Waals surface area contributed by atoms with E-state index in [1.54, 1.807) is 0 Å². The molecule has 41 heavy (non-hydrogen) atoms. The van der Waals surface area contributed by atoms with Gasteiger partial charge in [0.15, 0.2) is 17.7 Å². The number of rotatable bonds is 6. The predicted octanol–water partition coefficient (Wildman–Crippen LogP) is 0.810. The lowest BCUT2D eigenvalue weighted by Crippen LogP contribution is -2.33.